The first-order valence-corrected chi connectivity index (χ1v) is 11.5. The van der Waals surface area contributed by atoms with Gasteiger partial charge in [0, 0.05) is 43.9 Å². The third-order valence-corrected chi connectivity index (χ3v) is 6.80. The van der Waals surface area contributed by atoms with E-state index >= 15 is 0 Å². The van der Waals surface area contributed by atoms with Gasteiger partial charge in [-0.2, -0.15) is 0 Å². The lowest BCUT2D eigenvalue weighted by Crippen LogP contribution is -2.50. The Balaban J connectivity index is 1.26. The Hall–Kier alpha value is -3.49. The number of imide groups is 1. The number of hydrogen-bond acceptors (Lipinski definition) is 6. The van der Waals surface area contributed by atoms with Gasteiger partial charge >= 0.3 is 0 Å². The minimum atomic E-state index is -0.297. The molecule has 1 saturated heterocycles. The van der Waals surface area contributed by atoms with E-state index in [-0.39, 0.29) is 35.4 Å². The summed E-state index contributed by atoms with van der Waals surface area (Å²) in [6.07, 6.45) is 4.86. The number of benzene rings is 1. The molecule has 1 aromatic carbocycles. The van der Waals surface area contributed by atoms with Crippen LogP contribution in [-0.2, 0) is 0 Å². The molecule has 2 aromatic rings. The van der Waals surface area contributed by atoms with E-state index < -0.39 is 0 Å². The zero-order valence-corrected chi connectivity index (χ0v) is 18.6. The minimum Gasteiger partial charge on any atom is -0.351 e. The number of carbonyl (C=O) groups excluding carboxylic acids is 4. The van der Waals surface area contributed by atoms with Crippen LogP contribution >= 0.6 is 0 Å². The maximum absolute atomic E-state index is 13.1. The summed E-state index contributed by atoms with van der Waals surface area (Å²) in [5, 5.41) is 3.75. The molecule has 172 valence electrons. The van der Waals surface area contributed by atoms with Gasteiger partial charge < -0.3 is 14.3 Å². The zero-order chi connectivity index (χ0) is 23.1. The lowest BCUT2D eigenvalue weighted by atomic mass is 9.94. The van der Waals surface area contributed by atoms with Gasteiger partial charge in [-0.1, -0.05) is 24.4 Å². The van der Waals surface area contributed by atoms with Crippen molar-refractivity contribution in [3.63, 3.8) is 0 Å². The molecule has 0 unspecified atom stereocenters. The first-order valence-electron chi connectivity index (χ1n) is 11.5. The number of carbonyl (C=O) groups is 4. The van der Waals surface area contributed by atoms with Gasteiger partial charge in [-0.25, -0.2) is 0 Å². The minimum absolute atomic E-state index is 0.0518. The molecular weight excluding hydrogens is 424 g/mol. The Labute approximate surface area is 191 Å². The second kappa shape index (κ2) is 8.46. The first-order chi connectivity index (χ1) is 15.9. The van der Waals surface area contributed by atoms with E-state index in [1.54, 1.807) is 41.0 Å². The molecule has 9 heteroatoms. The standard InChI is InChI=1S/C24H26N4O5/c1-15-13-20(33-25-15)24(32)27-11-9-26(10-12-27)21(29)16-7-8-18-19(14-16)23(31)28(22(18)30)17-5-3-2-4-6-17/h7-8,13-14,17H,2-6,9-12H2,1H3. The number of piperazine rings is 1. The van der Waals surface area contributed by atoms with Crippen LogP contribution in [0.5, 0.6) is 0 Å². The van der Waals surface area contributed by atoms with Crippen molar-refractivity contribution in [3.05, 3.63) is 52.4 Å². The van der Waals surface area contributed by atoms with E-state index in [2.05, 4.69) is 5.16 Å². The number of fused-ring (bicyclic) bond motifs is 1. The van der Waals surface area contributed by atoms with Crippen molar-refractivity contribution >= 4 is 23.6 Å². The van der Waals surface area contributed by atoms with Crippen LogP contribution in [0.4, 0.5) is 0 Å². The molecule has 1 aromatic heterocycles. The van der Waals surface area contributed by atoms with Crippen LogP contribution in [0, 0.1) is 6.92 Å². The molecule has 9 nitrogen and oxygen atoms in total. The Morgan fingerprint density at radius 3 is 2.15 bits per heavy atom. The summed E-state index contributed by atoms with van der Waals surface area (Å²) in [6.45, 7) is 3.25. The van der Waals surface area contributed by atoms with E-state index in [1.807, 2.05) is 0 Å². The SMILES string of the molecule is Cc1cc(C(=O)N2CCN(C(=O)c3ccc4c(c3)C(=O)N(C3CCCCC3)C4=O)CC2)on1. The molecule has 33 heavy (non-hydrogen) atoms. The van der Waals surface area contributed by atoms with Crippen molar-refractivity contribution in [2.75, 3.05) is 26.2 Å². The van der Waals surface area contributed by atoms with E-state index in [4.69, 9.17) is 4.52 Å². The van der Waals surface area contributed by atoms with Crippen molar-refractivity contribution in [3.8, 4) is 0 Å². The van der Waals surface area contributed by atoms with Crippen LogP contribution in [0.1, 0.15) is 79.4 Å². The molecule has 3 aliphatic rings. The molecule has 0 bridgehead atoms. The predicted molar refractivity (Wildman–Crippen MR) is 117 cm³/mol. The summed E-state index contributed by atoms with van der Waals surface area (Å²) in [5.74, 6) is -0.814. The van der Waals surface area contributed by atoms with Gasteiger partial charge in [0.1, 0.15) is 0 Å². The average Bonchev–Trinajstić information content (AvgIpc) is 3.39. The lowest BCUT2D eigenvalue weighted by Gasteiger charge is -2.34. The molecular formula is C24H26N4O5. The molecule has 1 saturated carbocycles. The van der Waals surface area contributed by atoms with Gasteiger partial charge in [-0.05, 0) is 38.0 Å². The Bertz CT molecular complexity index is 1130. The van der Waals surface area contributed by atoms with Gasteiger partial charge in [0.15, 0.2) is 0 Å². The fourth-order valence-electron chi connectivity index (χ4n) is 4.98. The van der Waals surface area contributed by atoms with Crippen molar-refractivity contribution in [1.29, 1.82) is 0 Å². The highest BCUT2D eigenvalue weighted by Gasteiger charge is 2.40. The van der Waals surface area contributed by atoms with Crippen LogP contribution in [-0.4, -0.2) is 75.7 Å². The Morgan fingerprint density at radius 1 is 0.879 bits per heavy atom. The van der Waals surface area contributed by atoms with Crippen molar-refractivity contribution in [2.45, 2.75) is 45.1 Å². The molecule has 2 aliphatic heterocycles. The highest BCUT2D eigenvalue weighted by atomic mass is 16.5. The van der Waals surface area contributed by atoms with Crippen LogP contribution in [0.15, 0.2) is 28.8 Å². The molecule has 4 amide bonds. The van der Waals surface area contributed by atoms with Crippen LogP contribution in [0.25, 0.3) is 0 Å². The maximum Gasteiger partial charge on any atom is 0.292 e. The monoisotopic (exact) mass is 450 g/mol. The van der Waals surface area contributed by atoms with Crippen molar-refractivity contribution in [2.24, 2.45) is 0 Å². The molecule has 3 heterocycles. The third-order valence-electron chi connectivity index (χ3n) is 6.80. The highest BCUT2D eigenvalue weighted by molar-refractivity contribution is 6.22. The van der Waals surface area contributed by atoms with Gasteiger partial charge in [0.05, 0.1) is 16.8 Å². The fraction of sp³-hybridized carbons (Fsp3) is 0.458. The normalized spacial score (nSPS) is 19.2. The number of amides is 4. The maximum atomic E-state index is 13.1. The summed E-state index contributed by atoms with van der Waals surface area (Å²) in [7, 11) is 0. The van der Waals surface area contributed by atoms with E-state index in [0.717, 1.165) is 32.1 Å². The number of aromatic nitrogens is 1. The van der Waals surface area contributed by atoms with E-state index in [0.29, 0.717) is 48.6 Å². The number of hydrogen-bond donors (Lipinski definition) is 0. The molecule has 0 N–H and O–H groups in total. The fourth-order valence-corrected chi connectivity index (χ4v) is 4.98. The highest BCUT2D eigenvalue weighted by Crippen LogP contribution is 2.31. The van der Waals surface area contributed by atoms with E-state index in [1.165, 1.54) is 4.90 Å². The predicted octanol–water partition coefficient (Wildman–Crippen LogP) is 2.51. The third kappa shape index (κ3) is 3.81. The quantitative estimate of drug-likeness (QED) is 0.666. The number of rotatable bonds is 3. The lowest BCUT2D eigenvalue weighted by molar-refractivity contribution is 0.0512. The summed E-state index contributed by atoms with van der Waals surface area (Å²) < 4.78 is 5.05. The smallest absolute Gasteiger partial charge is 0.292 e. The summed E-state index contributed by atoms with van der Waals surface area (Å²) in [6, 6.07) is 6.31. The topological polar surface area (TPSA) is 104 Å². The second-order valence-corrected chi connectivity index (χ2v) is 8.95. The van der Waals surface area contributed by atoms with Gasteiger partial charge in [0.2, 0.25) is 5.76 Å². The Kier molecular flexibility index (Phi) is 5.47. The zero-order valence-electron chi connectivity index (χ0n) is 18.6. The van der Waals surface area contributed by atoms with Crippen LogP contribution in [0.3, 0.4) is 0 Å². The molecule has 0 atom stereocenters. The van der Waals surface area contributed by atoms with Gasteiger partial charge in [-0.3, -0.25) is 24.1 Å². The largest absolute Gasteiger partial charge is 0.351 e. The summed E-state index contributed by atoms with van der Waals surface area (Å²) in [5.41, 5.74) is 1.70. The summed E-state index contributed by atoms with van der Waals surface area (Å²) >= 11 is 0. The molecule has 2 fully saturated rings. The second-order valence-electron chi connectivity index (χ2n) is 8.95. The van der Waals surface area contributed by atoms with Crippen LogP contribution in [0.2, 0.25) is 0 Å². The van der Waals surface area contributed by atoms with Crippen molar-refractivity contribution < 1.29 is 23.7 Å². The average molecular weight is 450 g/mol. The van der Waals surface area contributed by atoms with Gasteiger partial charge in [0.25, 0.3) is 23.6 Å². The van der Waals surface area contributed by atoms with Gasteiger partial charge in [-0.15, -0.1) is 0 Å². The number of aryl methyl sites for hydroxylation is 1. The first kappa shape index (κ1) is 21.4. The molecule has 5 rings (SSSR count). The number of nitrogens with zero attached hydrogens (tertiary/aromatic N) is 4. The van der Waals surface area contributed by atoms with E-state index in [9.17, 15) is 19.2 Å². The Morgan fingerprint density at radius 2 is 1.52 bits per heavy atom. The summed E-state index contributed by atoms with van der Waals surface area (Å²) in [4.78, 5) is 56.2. The van der Waals surface area contributed by atoms with Crippen LogP contribution < -0.4 is 0 Å². The molecule has 1 aliphatic carbocycles. The molecule has 0 spiro atoms. The van der Waals surface area contributed by atoms with Crippen molar-refractivity contribution in [1.82, 2.24) is 19.9 Å². The molecule has 0 radical (unpaired) electrons.